The van der Waals surface area contributed by atoms with Gasteiger partial charge >= 0.3 is 0 Å². The molecular weight excluding hydrogens is 298 g/mol. The SMILES string of the molecule is CCN(Cc1nc(COC)no1)C(=O)Cc1ccccc1OC. The van der Waals surface area contributed by atoms with Crippen LogP contribution < -0.4 is 4.74 Å². The third-order valence-electron chi connectivity index (χ3n) is 3.38. The van der Waals surface area contributed by atoms with Crippen molar-refractivity contribution in [1.29, 1.82) is 0 Å². The Bertz CT molecular complexity index is 642. The van der Waals surface area contributed by atoms with E-state index in [0.717, 1.165) is 5.56 Å². The molecule has 0 aliphatic heterocycles. The van der Waals surface area contributed by atoms with E-state index in [0.29, 0.717) is 24.0 Å². The molecule has 0 atom stereocenters. The number of benzene rings is 1. The monoisotopic (exact) mass is 319 g/mol. The van der Waals surface area contributed by atoms with Gasteiger partial charge in [0.2, 0.25) is 11.8 Å². The lowest BCUT2D eigenvalue weighted by molar-refractivity contribution is -0.131. The maximum absolute atomic E-state index is 12.5. The fourth-order valence-electron chi connectivity index (χ4n) is 2.21. The van der Waals surface area contributed by atoms with E-state index in [9.17, 15) is 4.79 Å². The Kier molecular flexibility index (Phi) is 6.10. The van der Waals surface area contributed by atoms with Gasteiger partial charge in [-0.1, -0.05) is 23.4 Å². The number of carbonyl (C=O) groups is 1. The van der Waals surface area contributed by atoms with Crippen LogP contribution in [0, 0.1) is 0 Å². The molecule has 0 radical (unpaired) electrons. The van der Waals surface area contributed by atoms with E-state index in [1.807, 2.05) is 31.2 Å². The maximum atomic E-state index is 12.5. The lowest BCUT2D eigenvalue weighted by Gasteiger charge is -2.19. The van der Waals surface area contributed by atoms with Crippen LogP contribution in [-0.2, 0) is 29.1 Å². The first-order chi connectivity index (χ1) is 11.2. The number of nitrogens with zero attached hydrogens (tertiary/aromatic N) is 3. The smallest absolute Gasteiger partial charge is 0.246 e. The van der Waals surface area contributed by atoms with Crippen LogP contribution in [0.2, 0.25) is 0 Å². The number of carbonyl (C=O) groups excluding carboxylic acids is 1. The van der Waals surface area contributed by atoms with E-state index in [4.69, 9.17) is 14.0 Å². The summed E-state index contributed by atoms with van der Waals surface area (Å²) in [4.78, 5) is 18.4. The number of hydrogen-bond acceptors (Lipinski definition) is 6. The predicted molar refractivity (Wildman–Crippen MR) is 82.8 cm³/mol. The van der Waals surface area contributed by atoms with Crippen LogP contribution in [-0.4, -0.2) is 41.7 Å². The van der Waals surface area contributed by atoms with Crippen LogP contribution in [0.1, 0.15) is 24.2 Å². The molecule has 124 valence electrons. The summed E-state index contributed by atoms with van der Waals surface area (Å²) in [6.45, 7) is 3.02. The zero-order chi connectivity index (χ0) is 16.7. The Morgan fingerprint density at radius 3 is 2.78 bits per heavy atom. The van der Waals surface area contributed by atoms with Crippen molar-refractivity contribution in [2.75, 3.05) is 20.8 Å². The minimum Gasteiger partial charge on any atom is -0.496 e. The first kappa shape index (κ1) is 17.0. The third kappa shape index (κ3) is 4.53. The van der Waals surface area contributed by atoms with Crippen LogP contribution in [0.25, 0.3) is 0 Å². The summed E-state index contributed by atoms with van der Waals surface area (Å²) in [5.74, 6) is 1.54. The molecule has 7 heteroatoms. The second-order valence-electron chi connectivity index (χ2n) is 4.93. The van der Waals surface area contributed by atoms with E-state index in [1.54, 1.807) is 19.1 Å². The summed E-state index contributed by atoms with van der Waals surface area (Å²) in [6.07, 6.45) is 0.261. The maximum Gasteiger partial charge on any atom is 0.246 e. The van der Waals surface area contributed by atoms with Gasteiger partial charge in [0.15, 0.2) is 5.82 Å². The summed E-state index contributed by atoms with van der Waals surface area (Å²) in [5, 5.41) is 3.79. The van der Waals surface area contributed by atoms with Gasteiger partial charge in [0, 0.05) is 19.2 Å². The molecule has 0 spiro atoms. The number of likely N-dealkylation sites (N-methyl/N-ethyl adjacent to an activating group) is 1. The molecule has 2 aromatic rings. The van der Waals surface area contributed by atoms with E-state index in [2.05, 4.69) is 10.1 Å². The highest BCUT2D eigenvalue weighted by Crippen LogP contribution is 2.19. The minimum absolute atomic E-state index is 0.0245. The highest BCUT2D eigenvalue weighted by atomic mass is 16.5. The largest absolute Gasteiger partial charge is 0.496 e. The molecule has 1 amide bonds. The Hall–Kier alpha value is -2.41. The van der Waals surface area contributed by atoms with Gasteiger partial charge in [0.05, 0.1) is 20.1 Å². The van der Waals surface area contributed by atoms with E-state index in [1.165, 1.54) is 0 Å². The molecule has 23 heavy (non-hydrogen) atoms. The van der Waals surface area contributed by atoms with Crippen molar-refractivity contribution in [1.82, 2.24) is 15.0 Å². The van der Waals surface area contributed by atoms with Crippen molar-refractivity contribution in [2.45, 2.75) is 26.5 Å². The van der Waals surface area contributed by atoms with E-state index in [-0.39, 0.29) is 25.5 Å². The number of methoxy groups -OCH3 is 2. The zero-order valence-corrected chi connectivity index (χ0v) is 13.6. The number of amides is 1. The Morgan fingerprint density at radius 2 is 2.09 bits per heavy atom. The number of rotatable bonds is 8. The highest BCUT2D eigenvalue weighted by molar-refractivity contribution is 5.79. The fraction of sp³-hybridized carbons (Fsp3) is 0.438. The standard InChI is InChI=1S/C16H21N3O4/c1-4-19(10-15-17-14(11-21-2)18-23-15)16(20)9-12-7-5-6-8-13(12)22-3/h5-8H,4,9-11H2,1-3H3. The molecule has 7 nitrogen and oxygen atoms in total. The number of ether oxygens (including phenoxy) is 2. The van der Waals surface area contributed by atoms with Crippen molar-refractivity contribution in [3.63, 3.8) is 0 Å². The van der Waals surface area contributed by atoms with Gasteiger partial charge in [-0.15, -0.1) is 0 Å². The second kappa shape index (κ2) is 8.28. The van der Waals surface area contributed by atoms with Gasteiger partial charge in [-0.2, -0.15) is 4.98 Å². The van der Waals surface area contributed by atoms with Gasteiger partial charge in [0.25, 0.3) is 0 Å². The third-order valence-corrected chi connectivity index (χ3v) is 3.38. The number of para-hydroxylation sites is 1. The predicted octanol–water partition coefficient (Wildman–Crippen LogP) is 1.82. The van der Waals surface area contributed by atoms with Gasteiger partial charge in [-0.05, 0) is 13.0 Å². The average Bonchev–Trinajstić information content (AvgIpc) is 3.00. The van der Waals surface area contributed by atoms with Gasteiger partial charge < -0.3 is 18.9 Å². The van der Waals surface area contributed by atoms with Crippen LogP contribution in [0.15, 0.2) is 28.8 Å². The molecule has 2 rings (SSSR count). The fourth-order valence-corrected chi connectivity index (χ4v) is 2.21. The second-order valence-corrected chi connectivity index (χ2v) is 4.93. The van der Waals surface area contributed by atoms with Gasteiger partial charge in [-0.3, -0.25) is 4.79 Å². The van der Waals surface area contributed by atoms with Crippen LogP contribution in [0.5, 0.6) is 5.75 Å². The Morgan fingerprint density at radius 1 is 1.30 bits per heavy atom. The van der Waals surface area contributed by atoms with E-state index >= 15 is 0 Å². The Balaban J connectivity index is 2.03. The van der Waals surface area contributed by atoms with Crippen LogP contribution >= 0.6 is 0 Å². The van der Waals surface area contributed by atoms with Crippen molar-refractivity contribution in [3.05, 3.63) is 41.5 Å². The average molecular weight is 319 g/mol. The molecule has 1 heterocycles. The lowest BCUT2D eigenvalue weighted by Crippen LogP contribution is -2.31. The molecule has 0 saturated carbocycles. The molecule has 0 saturated heterocycles. The van der Waals surface area contributed by atoms with Crippen molar-refractivity contribution in [2.24, 2.45) is 0 Å². The molecule has 1 aromatic carbocycles. The molecule has 0 fully saturated rings. The Labute approximate surface area is 135 Å². The lowest BCUT2D eigenvalue weighted by atomic mass is 10.1. The number of aromatic nitrogens is 2. The molecule has 0 aliphatic carbocycles. The normalized spacial score (nSPS) is 10.6. The summed E-state index contributed by atoms with van der Waals surface area (Å²) >= 11 is 0. The zero-order valence-electron chi connectivity index (χ0n) is 13.6. The van der Waals surface area contributed by atoms with E-state index < -0.39 is 0 Å². The van der Waals surface area contributed by atoms with Gasteiger partial charge in [-0.25, -0.2) is 0 Å². The molecule has 1 aromatic heterocycles. The first-order valence-electron chi connectivity index (χ1n) is 7.38. The molecule has 0 bridgehead atoms. The topological polar surface area (TPSA) is 77.7 Å². The van der Waals surface area contributed by atoms with Crippen molar-refractivity contribution >= 4 is 5.91 Å². The minimum atomic E-state index is -0.0245. The quantitative estimate of drug-likeness (QED) is 0.738. The summed E-state index contributed by atoms with van der Waals surface area (Å²) in [7, 11) is 3.15. The van der Waals surface area contributed by atoms with Gasteiger partial charge in [0.1, 0.15) is 12.4 Å². The molecule has 0 aliphatic rings. The molecule has 0 N–H and O–H groups in total. The van der Waals surface area contributed by atoms with Crippen LogP contribution in [0.3, 0.4) is 0 Å². The summed E-state index contributed by atoms with van der Waals surface area (Å²) in [6, 6.07) is 7.48. The number of hydrogen-bond donors (Lipinski definition) is 0. The molecular formula is C16H21N3O4. The first-order valence-corrected chi connectivity index (χ1v) is 7.38. The van der Waals surface area contributed by atoms with Crippen molar-refractivity contribution in [3.8, 4) is 5.75 Å². The highest BCUT2D eigenvalue weighted by Gasteiger charge is 2.18. The van der Waals surface area contributed by atoms with Crippen LogP contribution in [0.4, 0.5) is 0 Å². The summed E-state index contributed by atoms with van der Waals surface area (Å²) < 4.78 is 15.4. The summed E-state index contributed by atoms with van der Waals surface area (Å²) in [5.41, 5.74) is 0.851. The van der Waals surface area contributed by atoms with Crippen molar-refractivity contribution < 1.29 is 18.8 Å². The molecule has 0 unspecified atom stereocenters.